The molecule has 1 heterocycles. The number of thioether (sulfide) groups is 1. The lowest BCUT2D eigenvalue weighted by atomic mass is 10.1. The second kappa shape index (κ2) is 10.9. The molecule has 0 saturated heterocycles. The number of benzene rings is 3. The summed E-state index contributed by atoms with van der Waals surface area (Å²) in [5.74, 6) is 0.213. The van der Waals surface area contributed by atoms with Crippen LogP contribution in [0.25, 0.3) is 5.69 Å². The van der Waals surface area contributed by atoms with Crippen LogP contribution in [0, 0.1) is 13.8 Å². The molecule has 8 nitrogen and oxygen atoms in total. The normalized spacial score (nSPS) is 10.6. The van der Waals surface area contributed by atoms with Gasteiger partial charge in [-0.1, -0.05) is 30.0 Å². The maximum absolute atomic E-state index is 12.5. The third-order valence-corrected chi connectivity index (χ3v) is 6.22. The zero-order chi connectivity index (χ0) is 24.8. The van der Waals surface area contributed by atoms with Crippen molar-refractivity contribution in [3.05, 3.63) is 89.7 Å². The number of ether oxygens (including phenoxy) is 2. The molecule has 0 bridgehead atoms. The largest absolute Gasteiger partial charge is 0.496 e. The Morgan fingerprint density at radius 1 is 1.00 bits per heavy atom. The van der Waals surface area contributed by atoms with Gasteiger partial charge in [-0.3, -0.25) is 14.2 Å². The number of para-hydroxylation sites is 1. The van der Waals surface area contributed by atoms with Crippen LogP contribution in [0.5, 0.6) is 11.5 Å². The molecule has 4 aromatic rings. The highest BCUT2D eigenvalue weighted by Gasteiger charge is 2.14. The number of esters is 1. The molecule has 0 aliphatic rings. The van der Waals surface area contributed by atoms with Crippen LogP contribution >= 0.6 is 11.8 Å². The van der Waals surface area contributed by atoms with Gasteiger partial charge in [-0.05, 0) is 73.5 Å². The van der Waals surface area contributed by atoms with Crippen LogP contribution in [0.4, 0.5) is 5.69 Å². The quantitative estimate of drug-likeness (QED) is 0.215. The van der Waals surface area contributed by atoms with E-state index in [0.717, 1.165) is 11.3 Å². The summed E-state index contributed by atoms with van der Waals surface area (Å²) in [5, 5.41) is 11.5. The van der Waals surface area contributed by atoms with Crippen LogP contribution < -0.4 is 14.8 Å². The van der Waals surface area contributed by atoms with Crippen molar-refractivity contribution in [2.75, 3.05) is 18.2 Å². The van der Waals surface area contributed by atoms with E-state index in [2.05, 4.69) is 28.5 Å². The molecular weight excluding hydrogens is 464 g/mol. The molecule has 1 amide bonds. The Morgan fingerprint density at radius 2 is 1.77 bits per heavy atom. The molecule has 0 aliphatic heterocycles. The first-order valence-electron chi connectivity index (χ1n) is 10.8. The van der Waals surface area contributed by atoms with Crippen molar-refractivity contribution in [2.45, 2.75) is 19.0 Å². The van der Waals surface area contributed by atoms with Gasteiger partial charge in [0.2, 0.25) is 0 Å². The highest BCUT2D eigenvalue weighted by Crippen LogP contribution is 2.23. The van der Waals surface area contributed by atoms with E-state index in [9.17, 15) is 9.59 Å². The van der Waals surface area contributed by atoms with E-state index in [-0.39, 0.29) is 11.7 Å². The fourth-order valence-electron chi connectivity index (χ4n) is 3.30. The van der Waals surface area contributed by atoms with Crippen molar-refractivity contribution in [3.63, 3.8) is 0 Å². The monoisotopic (exact) mass is 488 g/mol. The number of hydrogen-bond acceptors (Lipinski definition) is 7. The maximum atomic E-state index is 12.5. The lowest BCUT2D eigenvalue weighted by Crippen LogP contribution is -2.13. The van der Waals surface area contributed by atoms with Crippen LogP contribution in [-0.2, 0) is 4.79 Å². The first kappa shape index (κ1) is 24.0. The van der Waals surface area contributed by atoms with Gasteiger partial charge >= 0.3 is 5.97 Å². The van der Waals surface area contributed by atoms with Gasteiger partial charge in [0.05, 0.1) is 18.4 Å². The highest BCUT2D eigenvalue weighted by molar-refractivity contribution is 7.99. The molecule has 4 rings (SSSR count). The molecule has 0 spiro atoms. The SMILES string of the molecule is COc1ccccc1C(=O)Nc1ccc(OC(=O)CSc2nncn2-c2ccc(C)c(C)c2)cc1. The van der Waals surface area contributed by atoms with Gasteiger partial charge in [-0.2, -0.15) is 0 Å². The van der Waals surface area contributed by atoms with Gasteiger partial charge in [0.15, 0.2) is 5.16 Å². The highest BCUT2D eigenvalue weighted by atomic mass is 32.2. The number of carbonyl (C=O) groups excluding carboxylic acids is 2. The Bertz CT molecular complexity index is 1350. The number of rotatable bonds is 8. The molecule has 178 valence electrons. The van der Waals surface area contributed by atoms with Gasteiger partial charge in [0, 0.05) is 11.4 Å². The lowest BCUT2D eigenvalue weighted by molar-refractivity contribution is -0.131. The van der Waals surface area contributed by atoms with Crippen LogP contribution in [0.2, 0.25) is 0 Å². The number of anilines is 1. The number of aryl methyl sites for hydroxylation is 2. The lowest BCUT2D eigenvalue weighted by Gasteiger charge is -2.10. The molecule has 9 heteroatoms. The molecule has 0 fully saturated rings. The van der Waals surface area contributed by atoms with E-state index in [4.69, 9.17) is 9.47 Å². The maximum Gasteiger partial charge on any atom is 0.321 e. The zero-order valence-electron chi connectivity index (χ0n) is 19.5. The smallest absolute Gasteiger partial charge is 0.321 e. The Balaban J connectivity index is 1.33. The molecule has 3 aromatic carbocycles. The van der Waals surface area contributed by atoms with Crippen molar-refractivity contribution in [1.82, 2.24) is 14.8 Å². The topological polar surface area (TPSA) is 95.3 Å². The zero-order valence-corrected chi connectivity index (χ0v) is 20.3. The molecule has 1 aromatic heterocycles. The van der Waals surface area contributed by atoms with E-state index < -0.39 is 5.97 Å². The molecule has 0 saturated carbocycles. The van der Waals surface area contributed by atoms with Crippen molar-refractivity contribution in [3.8, 4) is 17.2 Å². The molecule has 0 unspecified atom stereocenters. The Morgan fingerprint density at radius 3 is 2.51 bits per heavy atom. The fourth-order valence-corrected chi connectivity index (χ4v) is 4.00. The minimum atomic E-state index is -0.421. The summed E-state index contributed by atoms with van der Waals surface area (Å²) >= 11 is 1.24. The summed E-state index contributed by atoms with van der Waals surface area (Å²) < 4.78 is 12.5. The molecule has 0 aliphatic carbocycles. The number of nitrogens with zero attached hydrogens (tertiary/aromatic N) is 3. The van der Waals surface area contributed by atoms with Crippen molar-refractivity contribution < 1.29 is 19.1 Å². The number of methoxy groups -OCH3 is 1. The third kappa shape index (κ3) is 5.88. The van der Waals surface area contributed by atoms with Crippen molar-refractivity contribution in [1.29, 1.82) is 0 Å². The first-order chi connectivity index (χ1) is 16.9. The van der Waals surface area contributed by atoms with E-state index in [1.807, 2.05) is 23.6 Å². The molecule has 0 radical (unpaired) electrons. The standard InChI is InChI=1S/C26H24N4O4S/c1-17-8-11-20(14-18(17)2)30-16-27-29-26(30)35-15-24(31)34-21-12-9-19(10-13-21)28-25(32)22-6-4-5-7-23(22)33-3/h4-14,16H,15H2,1-3H3,(H,28,32). The summed E-state index contributed by atoms with van der Waals surface area (Å²) in [5.41, 5.74) is 4.28. The average Bonchev–Trinajstić information content (AvgIpc) is 3.34. The predicted octanol–water partition coefficient (Wildman–Crippen LogP) is 4.84. The van der Waals surface area contributed by atoms with Gasteiger partial charge in [-0.25, -0.2) is 0 Å². The Hall–Kier alpha value is -4.11. The molecule has 0 atom stereocenters. The summed E-state index contributed by atoms with van der Waals surface area (Å²) in [4.78, 5) is 24.9. The van der Waals surface area contributed by atoms with Crippen LogP contribution in [0.1, 0.15) is 21.5 Å². The molecule has 35 heavy (non-hydrogen) atoms. The van der Waals surface area contributed by atoms with Gasteiger partial charge in [0.1, 0.15) is 17.8 Å². The Kier molecular flexibility index (Phi) is 7.47. The first-order valence-corrected chi connectivity index (χ1v) is 11.8. The average molecular weight is 489 g/mol. The van der Waals surface area contributed by atoms with Crippen molar-refractivity contribution in [2.24, 2.45) is 0 Å². The van der Waals surface area contributed by atoms with Crippen LogP contribution in [0.15, 0.2) is 78.2 Å². The van der Waals surface area contributed by atoms with E-state index in [0.29, 0.717) is 27.9 Å². The fraction of sp³-hybridized carbons (Fsp3) is 0.154. The number of nitrogens with one attached hydrogen (secondary N) is 1. The minimum Gasteiger partial charge on any atom is -0.496 e. The number of amides is 1. The predicted molar refractivity (Wildman–Crippen MR) is 135 cm³/mol. The minimum absolute atomic E-state index is 0.0653. The second-order valence-corrected chi connectivity index (χ2v) is 8.64. The van der Waals surface area contributed by atoms with Crippen molar-refractivity contribution >= 4 is 29.3 Å². The second-order valence-electron chi connectivity index (χ2n) is 7.69. The number of aromatic nitrogens is 3. The summed E-state index contributed by atoms with van der Waals surface area (Å²) in [7, 11) is 1.51. The van der Waals surface area contributed by atoms with E-state index in [1.54, 1.807) is 54.9 Å². The summed E-state index contributed by atoms with van der Waals surface area (Å²) in [6, 6.07) is 19.6. The van der Waals surface area contributed by atoms with E-state index in [1.165, 1.54) is 24.4 Å². The van der Waals surface area contributed by atoms with Gasteiger partial charge in [0.25, 0.3) is 5.91 Å². The van der Waals surface area contributed by atoms with E-state index >= 15 is 0 Å². The van der Waals surface area contributed by atoms with Gasteiger partial charge in [-0.15, -0.1) is 10.2 Å². The number of hydrogen-bond donors (Lipinski definition) is 1. The number of carbonyl (C=O) groups is 2. The molecule has 1 N–H and O–H groups in total. The summed E-state index contributed by atoms with van der Waals surface area (Å²) in [6.07, 6.45) is 1.62. The van der Waals surface area contributed by atoms with Crippen LogP contribution in [0.3, 0.4) is 0 Å². The van der Waals surface area contributed by atoms with Crippen LogP contribution in [-0.4, -0.2) is 39.5 Å². The van der Waals surface area contributed by atoms with Gasteiger partial charge < -0.3 is 14.8 Å². The Labute approximate surface area is 207 Å². The third-order valence-electron chi connectivity index (χ3n) is 5.30. The molecular formula is C26H24N4O4S. The summed E-state index contributed by atoms with van der Waals surface area (Å²) in [6.45, 7) is 4.10.